The molecule has 4 aromatic rings. The van der Waals surface area contributed by atoms with Crippen molar-refractivity contribution in [3.05, 3.63) is 83.4 Å². The summed E-state index contributed by atoms with van der Waals surface area (Å²) < 4.78 is 35.8. The molecule has 1 aromatic heterocycles. The molecule has 186 valence electrons. The maximum atomic E-state index is 13.1. The van der Waals surface area contributed by atoms with E-state index in [1.54, 1.807) is 39.7 Å². The number of rotatable bonds is 8. The number of halogens is 1. The molecular weight excluding hydrogens is 461 g/mol. The van der Waals surface area contributed by atoms with Gasteiger partial charge in [-0.25, -0.2) is 4.39 Å². The zero-order valence-corrected chi connectivity index (χ0v) is 20.9. The SMILES string of the molecule is COc1ccc(OC)c(-c2coc3c(C)c(OC)c(/C(C)=C/C(=O)NCc4ccc(F)cc4)cc23)c1. The van der Waals surface area contributed by atoms with E-state index in [-0.39, 0.29) is 11.7 Å². The van der Waals surface area contributed by atoms with Crippen LogP contribution in [0.15, 0.2) is 65.3 Å². The van der Waals surface area contributed by atoms with E-state index < -0.39 is 0 Å². The quantitative estimate of drug-likeness (QED) is 0.295. The van der Waals surface area contributed by atoms with Crippen molar-refractivity contribution in [2.45, 2.75) is 20.4 Å². The molecule has 0 atom stereocenters. The summed E-state index contributed by atoms with van der Waals surface area (Å²) >= 11 is 0. The average Bonchev–Trinajstić information content (AvgIpc) is 3.32. The smallest absolute Gasteiger partial charge is 0.244 e. The number of furan rings is 1. The fourth-order valence-electron chi connectivity index (χ4n) is 4.22. The molecule has 0 unspecified atom stereocenters. The number of carbonyl (C=O) groups is 1. The van der Waals surface area contributed by atoms with Crippen LogP contribution in [0.3, 0.4) is 0 Å². The Bertz CT molecular complexity index is 1440. The van der Waals surface area contributed by atoms with Crippen molar-refractivity contribution in [3.63, 3.8) is 0 Å². The molecule has 36 heavy (non-hydrogen) atoms. The molecule has 6 nitrogen and oxygen atoms in total. The third-order valence-corrected chi connectivity index (χ3v) is 6.10. The first kappa shape index (κ1) is 24.9. The highest BCUT2D eigenvalue weighted by Crippen LogP contribution is 2.43. The van der Waals surface area contributed by atoms with Crippen molar-refractivity contribution >= 4 is 22.4 Å². The number of carbonyl (C=O) groups excluding carboxylic acids is 1. The molecule has 1 amide bonds. The number of methoxy groups -OCH3 is 3. The minimum Gasteiger partial charge on any atom is -0.497 e. The van der Waals surface area contributed by atoms with E-state index in [0.717, 1.165) is 38.8 Å². The van der Waals surface area contributed by atoms with Gasteiger partial charge in [0, 0.05) is 40.3 Å². The third-order valence-electron chi connectivity index (χ3n) is 6.10. The Morgan fingerprint density at radius 1 is 1.00 bits per heavy atom. The fourth-order valence-corrected chi connectivity index (χ4v) is 4.22. The molecule has 0 fully saturated rings. The Kier molecular flexibility index (Phi) is 7.29. The first-order chi connectivity index (χ1) is 17.4. The zero-order valence-electron chi connectivity index (χ0n) is 20.9. The summed E-state index contributed by atoms with van der Waals surface area (Å²) in [6, 6.07) is 13.5. The minimum absolute atomic E-state index is 0.265. The van der Waals surface area contributed by atoms with Crippen LogP contribution < -0.4 is 19.5 Å². The largest absolute Gasteiger partial charge is 0.497 e. The number of hydrogen-bond acceptors (Lipinski definition) is 5. The van der Waals surface area contributed by atoms with Crippen LogP contribution in [0.4, 0.5) is 4.39 Å². The molecule has 0 saturated carbocycles. The molecule has 0 aliphatic rings. The summed E-state index contributed by atoms with van der Waals surface area (Å²) in [6.45, 7) is 4.06. The van der Waals surface area contributed by atoms with Crippen LogP contribution in [0.2, 0.25) is 0 Å². The van der Waals surface area contributed by atoms with Crippen molar-refractivity contribution in [3.8, 4) is 28.4 Å². The molecule has 0 saturated heterocycles. The molecule has 3 aromatic carbocycles. The Labute approximate surface area is 209 Å². The molecule has 7 heteroatoms. The Balaban J connectivity index is 1.73. The summed E-state index contributed by atoms with van der Waals surface area (Å²) in [5.74, 6) is 1.42. The first-order valence-corrected chi connectivity index (χ1v) is 11.4. The lowest BCUT2D eigenvalue weighted by molar-refractivity contribution is -0.116. The lowest BCUT2D eigenvalue weighted by Gasteiger charge is -2.14. The highest BCUT2D eigenvalue weighted by Gasteiger charge is 2.20. The number of fused-ring (bicyclic) bond motifs is 1. The number of hydrogen-bond donors (Lipinski definition) is 1. The summed E-state index contributed by atoms with van der Waals surface area (Å²) in [7, 11) is 4.82. The van der Waals surface area contributed by atoms with Crippen LogP contribution >= 0.6 is 0 Å². The molecule has 0 aliphatic heterocycles. The van der Waals surface area contributed by atoms with Gasteiger partial charge in [-0.05, 0) is 61.4 Å². The van der Waals surface area contributed by atoms with Crippen LogP contribution in [0.5, 0.6) is 17.2 Å². The van der Waals surface area contributed by atoms with E-state index in [0.29, 0.717) is 29.4 Å². The second-order valence-corrected chi connectivity index (χ2v) is 8.35. The lowest BCUT2D eigenvalue weighted by atomic mass is 9.96. The summed E-state index contributed by atoms with van der Waals surface area (Å²) in [6.07, 6.45) is 3.21. The van der Waals surface area contributed by atoms with Gasteiger partial charge in [-0.2, -0.15) is 0 Å². The van der Waals surface area contributed by atoms with Crippen LogP contribution in [0.25, 0.3) is 27.7 Å². The number of benzene rings is 3. The Morgan fingerprint density at radius 3 is 2.42 bits per heavy atom. The molecule has 0 aliphatic carbocycles. The fraction of sp³-hybridized carbons (Fsp3) is 0.207. The second-order valence-electron chi connectivity index (χ2n) is 8.35. The van der Waals surface area contributed by atoms with Crippen LogP contribution in [-0.2, 0) is 11.3 Å². The third kappa shape index (κ3) is 4.91. The van der Waals surface area contributed by atoms with Gasteiger partial charge in [0.15, 0.2) is 0 Å². The van der Waals surface area contributed by atoms with Crippen molar-refractivity contribution in [1.29, 1.82) is 0 Å². The number of allylic oxidation sites excluding steroid dienone is 1. The van der Waals surface area contributed by atoms with Crippen LogP contribution in [0.1, 0.15) is 23.6 Å². The van der Waals surface area contributed by atoms with E-state index in [1.165, 1.54) is 18.2 Å². The maximum Gasteiger partial charge on any atom is 0.244 e. The van der Waals surface area contributed by atoms with Crippen molar-refractivity contribution in [2.75, 3.05) is 21.3 Å². The summed E-state index contributed by atoms with van der Waals surface area (Å²) in [5.41, 5.74) is 5.45. The highest BCUT2D eigenvalue weighted by molar-refractivity contribution is 6.02. The van der Waals surface area contributed by atoms with Crippen molar-refractivity contribution in [2.24, 2.45) is 0 Å². The molecular formula is C29H28FNO5. The van der Waals surface area contributed by atoms with Gasteiger partial charge in [0.05, 0.1) is 27.6 Å². The lowest BCUT2D eigenvalue weighted by Crippen LogP contribution is -2.20. The first-order valence-electron chi connectivity index (χ1n) is 11.4. The van der Waals surface area contributed by atoms with Gasteiger partial charge in [0.25, 0.3) is 0 Å². The van der Waals surface area contributed by atoms with Crippen LogP contribution in [-0.4, -0.2) is 27.2 Å². The Morgan fingerprint density at radius 2 is 1.75 bits per heavy atom. The predicted octanol–water partition coefficient (Wildman–Crippen LogP) is 6.29. The number of nitrogens with one attached hydrogen (secondary N) is 1. The molecule has 1 heterocycles. The van der Waals surface area contributed by atoms with Gasteiger partial charge >= 0.3 is 0 Å². The van der Waals surface area contributed by atoms with Gasteiger partial charge in [-0.3, -0.25) is 4.79 Å². The van der Waals surface area contributed by atoms with Gasteiger partial charge in [0.1, 0.15) is 28.6 Å². The monoisotopic (exact) mass is 489 g/mol. The van der Waals surface area contributed by atoms with Gasteiger partial charge in [-0.15, -0.1) is 0 Å². The normalized spacial score (nSPS) is 11.4. The summed E-state index contributed by atoms with van der Waals surface area (Å²) in [5, 5.41) is 3.70. The molecule has 0 radical (unpaired) electrons. The minimum atomic E-state index is -0.316. The van der Waals surface area contributed by atoms with E-state index >= 15 is 0 Å². The van der Waals surface area contributed by atoms with E-state index in [9.17, 15) is 9.18 Å². The number of amides is 1. The topological polar surface area (TPSA) is 69.9 Å². The molecule has 0 spiro atoms. The number of aryl methyl sites for hydroxylation is 1. The van der Waals surface area contributed by atoms with E-state index in [1.807, 2.05) is 38.1 Å². The predicted molar refractivity (Wildman–Crippen MR) is 138 cm³/mol. The molecule has 0 bridgehead atoms. The second kappa shape index (κ2) is 10.6. The maximum absolute atomic E-state index is 13.1. The standard InChI is InChI=1S/C29H28FNO5/c1-17(12-27(32)31-15-19-6-8-20(30)9-7-19)22-14-24-25(16-36-29(24)18(2)28(22)35-5)23-13-21(33-3)10-11-26(23)34-4/h6-14,16H,15H2,1-5H3,(H,31,32)/b17-12+. The van der Waals surface area contributed by atoms with Gasteiger partial charge < -0.3 is 23.9 Å². The molecule has 4 rings (SSSR count). The van der Waals surface area contributed by atoms with Gasteiger partial charge in [-0.1, -0.05) is 12.1 Å². The Hall–Kier alpha value is -4.26. The van der Waals surface area contributed by atoms with Gasteiger partial charge in [0.2, 0.25) is 5.91 Å². The molecule has 1 N–H and O–H groups in total. The summed E-state index contributed by atoms with van der Waals surface area (Å²) in [4.78, 5) is 12.7. The highest BCUT2D eigenvalue weighted by atomic mass is 19.1. The zero-order chi connectivity index (χ0) is 25.8. The number of ether oxygens (including phenoxy) is 3. The van der Waals surface area contributed by atoms with E-state index in [4.69, 9.17) is 18.6 Å². The van der Waals surface area contributed by atoms with Crippen molar-refractivity contribution < 1.29 is 27.8 Å². The average molecular weight is 490 g/mol. The van der Waals surface area contributed by atoms with E-state index in [2.05, 4.69) is 5.32 Å². The van der Waals surface area contributed by atoms with Crippen LogP contribution in [0, 0.1) is 12.7 Å². The van der Waals surface area contributed by atoms with Crippen molar-refractivity contribution in [1.82, 2.24) is 5.32 Å².